The Balaban J connectivity index is 1.42. The summed E-state index contributed by atoms with van der Waals surface area (Å²) in [7, 11) is 3.45. The zero-order valence-electron chi connectivity index (χ0n) is 25.3. The number of hydrogen-bond donors (Lipinski definition) is 1. The van der Waals surface area contributed by atoms with Gasteiger partial charge in [0.25, 0.3) is 5.91 Å². The number of carbonyl (C=O) groups is 3. The number of nitrogens with one attached hydrogen (secondary N) is 1. The number of Topliss-reactive ketones (excluding diaryl/α,β-unsaturated/α-hetero) is 1. The van der Waals surface area contributed by atoms with Crippen molar-refractivity contribution in [3.63, 3.8) is 0 Å². The fourth-order valence-electron chi connectivity index (χ4n) is 8.61. The molecule has 5 atom stereocenters. The van der Waals surface area contributed by atoms with E-state index in [0.717, 1.165) is 37.7 Å². The van der Waals surface area contributed by atoms with Crippen LogP contribution >= 0.6 is 23.2 Å². The number of benzene rings is 1. The van der Waals surface area contributed by atoms with Crippen LogP contribution in [0.2, 0.25) is 10.3 Å². The highest BCUT2D eigenvalue weighted by atomic mass is 35.5. The molecular weight excluding hydrogens is 587 g/mol. The molecule has 230 valence electrons. The van der Waals surface area contributed by atoms with E-state index >= 15 is 0 Å². The largest absolute Gasteiger partial charge is 0.368 e. The summed E-state index contributed by atoms with van der Waals surface area (Å²) in [6, 6.07) is 7.43. The second kappa shape index (κ2) is 11.1. The third-order valence-corrected chi connectivity index (χ3v) is 11.3. The molecule has 8 nitrogen and oxygen atoms in total. The summed E-state index contributed by atoms with van der Waals surface area (Å²) in [5, 5.41) is 3.82. The van der Waals surface area contributed by atoms with Gasteiger partial charge < -0.3 is 15.0 Å². The van der Waals surface area contributed by atoms with Gasteiger partial charge in [-0.3, -0.25) is 14.4 Å². The zero-order valence-corrected chi connectivity index (χ0v) is 26.8. The van der Waals surface area contributed by atoms with Crippen molar-refractivity contribution >= 4 is 46.5 Å². The average Bonchev–Trinajstić information content (AvgIpc) is 3.42. The smallest absolute Gasteiger partial charge is 0.251 e. The topological polar surface area (TPSA) is 101 Å². The predicted molar refractivity (Wildman–Crippen MR) is 165 cm³/mol. The molecule has 1 N–H and O–H groups in total. The van der Waals surface area contributed by atoms with E-state index in [4.69, 9.17) is 27.9 Å². The molecule has 10 heteroatoms. The number of anilines is 1. The number of ketones is 1. The van der Waals surface area contributed by atoms with Crippen molar-refractivity contribution in [1.82, 2.24) is 14.9 Å². The Kier molecular flexibility index (Phi) is 7.87. The highest BCUT2D eigenvalue weighted by Crippen LogP contribution is 2.72. The van der Waals surface area contributed by atoms with E-state index in [0.29, 0.717) is 42.3 Å². The minimum absolute atomic E-state index is 0.00892. The van der Waals surface area contributed by atoms with Gasteiger partial charge in [-0.15, -0.1) is 0 Å². The summed E-state index contributed by atoms with van der Waals surface area (Å²) in [6.07, 6.45) is 6.97. The number of fused-ring (bicyclic) bond motifs is 3. The van der Waals surface area contributed by atoms with Crippen molar-refractivity contribution in [3.05, 3.63) is 52.0 Å². The minimum atomic E-state index is -1.01. The molecule has 1 saturated heterocycles. The number of rotatable bonds is 5. The van der Waals surface area contributed by atoms with Crippen LogP contribution in [0.3, 0.4) is 0 Å². The van der Waals surface area contributed by atoms with Gasteiger partial charge in [-0.25, -0.2) is 9.97 Å². The van der Waals surface area contributed by atoms with Crippen LogP contribution in [-0.4, -0.2) is 59.3 Å². The average molecular weight is 628 g/mol. The Morgan fingerprint density at radius 2 is 1.84 bits per heavy atom. The molecule has 3 heterocycles. The van der Waals surface area contributed by atoms with Gasteiger partial charge in [0.1, 0.15) is 11.9 Å². The van der Waals surface area contributed by atoms with Gasteiger partial charge >= 0.3 is 0 Å². The van der Waals surface area contributed by atoms with Crippen LogP contribution in [0, 0.1) is 22.7 Å². The van der Waals surface area contributed by atoms with Gasteiger partial charge in [0.2, 0.25) is 11.2 Å². The minimum Gasteiger partial charge on any atom is -0.368 e. The Bertz CT molecular complexity index is 1440. The summed E-state index contributed by atoms with van der Waals surface area (Å²) in [6.45, 7) is 4.93. The van der Waals surface area contributed by atoms with Crippen LogP contribution in [0.5, 0.6) is 0 Å². The fraction of sp³-hybridized carbons (Fsp3) is 0.606. The number of hydrogen-bond acceptors (Lipinski definition) is 6. The van der Waals surface area contributed by atoms with Crippen LogP contribution < -0.4 is 5.32 Å². The molecule has 3 fully saturated rings. The third-order valence-electron chi connectivity index (χ3n) is 10.8. The first-order valence-electron chi connectivity index (χ1n) is 15.3. The van der Waals surface area contributed by atoms with E-state index in [-0.39, 0.29) is 34.2 Å². The highest BCUT2D eigenvalue weighted by molar-refractivity contribution is 6.31. The lowest BCUT2D eigenvalue weighted by Crippen LogP contribution is -2.52. The first kappa shape index (κ1) is 30.5. The molecule has 6 rings (SSSR count). The molecular formula is C33H40Cl2N4O4. The van der Waals surface area contributed by atoms with Gasteiger partial charge in [0.15, 0.2) is 0 Å². The Morgan fingerprint density at radius 3 is 2.49 bits per heavy atom. The molecule has 2 saturated carbocycles. The molecule has 1 aromatic heterocycles. The van der Waals surface area contributed by atoms with Crippen molar-refractivity contribution in [3.8, 4) is 0 Å². The Labute approximate surface area is 263 Å². The highest BCUT2D eigenvalue weighted by Gasteiger charge is 2.72. The normalized spacial score (nSPS) is 30.7. The van der Waals surface area contributed by atoms with Crippen LogP contribution in [-0.2, 0) is 24.5 Å². The quantitative estimate of drug-likeness (QED) is 0.396. The lowest BCUT2D eigenvalue weighted by molar-refractivity contribution is -0.146. The lowest BCUT2D eigenvalue weighted by Gasteiger charge is -2.50. The van der Waals surface area contributed by atoms with E-state index in [2.05, 4.69) is 29.1 Å². The molecule has 2 amide bonds. The summed E-state index contributed by atoms with van der Waals surface area (Å²) in [5.41, 5.74) is 0.920. The van der Waals surface area contributed by atoms with Crippen molar-refractivity contribution in [2.75, 3.05) is 26.0 Å². The van der Waals surface area contributed by atoms with E-state index in [1.165, 1.54) is 0 Å². The first-order chi connectivity index (χ1) is 20.4. The third kappa shape index (κ3) is 5.07. The standard InChI is InChI=1S/C33H40Cl2N4O4/c1-31(2)10-12-32(13-11-31)17-21(25(40)15-19-5-8-26(43-18-19)28(41)39(3)4)27(23-9-14-36-30(35)38-23)33(32)22-7-6-20(34)16-24(22)37-29(33)42/h6-7,9,14,16,19,21,26-27H,5,8,10-13,15,17-18H2,1-4H3,(H,37,42)/t19-,21-,26-,27+,33+/m0/s1. The molecule has 1 aromatic carbocycles. The van der Waals surface area contributed by atoms with Crippen LogP contribution in [0.25, 0.3) is 0 Å². The van der Waals surface area contributed by atoms with Gasteiger partial charge in [0, 0.05) is 49.3 Å². The van der Waals surface area contributed by atoms with Crippen molar-refractivity contribution in [1.29, 1.82) is 0 Å². The molecule has 2 aliphatic carbocycles. The Morgan fingerprint density at radius 1 is 1.09 bits per heavy atom. The summed E-state index contributed by atoms with van der Waals surface area (Å²) < 4.78 is 5.95. The fourth-order valence-corrected chi connectivity index (χ4v) is 8.94. The van der Waals surface area contributed by atoms with Crippen molar-refractivity contribution < 1.29 is 19.1 Å². The second-order valence-corrected chi connectivity index (χ2v) is 14.9. The number of nitrogens with zero attached hydrogens (tertiary/aromatic N) is 3. The maximum atomic E-state index is 14.6. The SMILES string of the molecule is CN(C)C(=O)[C@@H]1CC[C@@H](CC(=O)[C@@H]2CC3(CCC(C)(C)CC3)[C@@]3(C(=O)Nc4cc(Cl)ccc43)[C@H]2c2ccnc(Cl)n2)CO1. The molecule has 0 unspecified atom stereocenters. The van der Waals surface area contributed by atoms with E-state index in [1.54, 1.807) is 25.2 Å². The molecule has 2 aliphatic heterocycles. The van der Waals surface area contributed by atoms with E-state index in [1.807, 2.05) is 24.3 Å². The molecule has 2 aromatic rings. The van der Waals surface area contributed by atoms with Gasteiger partial charge in [-0.05, 0) is 97.1 Å². The van der Waals surface area contributed by atoms with Crippen LogP contribution in [0.1, 0.15) is 82.4 Å². The Hall–Kier alpha value is -2.55. The number of amides is 2. The molecule has 2 spiro atoms. The molecule has 4 aliphatic rings. The van der Waals surface area contributed by atoms with E-state index < -0.39 is 28.8 Å². The molecule has 43 heavy (non-hydrogen) atoms. The number of halogens is 2. The molecule has 0 radical (unpaired) electrons. The van der Waals surface area contributed by atoms with Crippen molar-refractivity contribution in [2.45, 2.75) is 82.7 Å². The second-order valence-electron chi connectivity index (χ2n) is 14.1. The maximum Gasteiger partial charge on any atom is 0.251 e. The summed E-state index contributed by atoms with van der Waals surface area (Å²) in [4.78, 5) is 51.9. The lowest BCUT2D eigenvalue weighted by atomic mass is 9.51. The number of aromatic nitrogens is 2. The van der Waals surface area contributed by atoms with Crippen molar-refractivity contribution in [2.24, 2.45) is 22.7 Å². The van der Waals surface area contributed by atoms with Gasteiger partial charge in [0.05, 0.1) is 17.7 Å². The predicted octanol–water partition coefficient (Wildman–Crippen LogP) is 6.21. The summed E-state index contributed by atoms with van der Waals surface area (Å²) in [5.74, 6) is -0.976. The van der Waals surface area contributed by atoms with Gasteiger partial charge in [-0.2, -0.15) is 0 Å². The number of ether oxygens (including phenoxy) is 1. The van der Waals surface area contributed by atoms with Gasteiger partial charge in [-0.1, -0.05) is 31.5 Å². The number of likely N-dealkylation sites (N-methyl/N-ethyl adjacent to an activating group) is 1. The van der Waals surface area contributed by atoms with Crippen LogP contribution in [0.4, 0.5) is 5.69 Å². The maximum absolute atomic E-state index is 14.6. The number of carbonyl (C=O) groups excluding carboxylic acids is 3. The monoisotopic (exact) mass is 626 g/mol. The van der Waals surface area contributed by atoms with Crippen LogP contribution in [0.15, 0.2) is 30.5 Å². The molecule has 0 bridgehead atoms. The van der Waals surface area contributed by atoms with E-state index in [9.17, 15) is 14.4 Å². The first-order valence-corrected chi connectivity index (χ1v) is 16.1. The zero-order chi connectivity index (χ0) is 30.7. The summed E-state index contributed by atoms with van der Waals surface area (Å²) >= 11 is 12.8.